The molecule has 1 unspecified atom stereocenters. The van der Waals surface area contributed by atoms with Gasteiger partial charge in [0.2, 0.25) is 0 Å². The Morgan fingerprint density at radius 1 is 1.29 bits per heavy atom. The third-order valence-electron chi connectivity index (χ3n) is 4.44. The Morgan fingerprint density at radius 2 is 2.06 bits per heavy atom. The highest BCUT2D eigenvalue weighted by atomic mass is 19.1. The van der Waals surface area contributed by atoms with Crippen molar-refractivity contribution in [3.05, 3.63) is 29.6 Å². The van der Waals surface area contributed by atoms with Crippen molar-refractivity contribution in [3.63, 3.8) is 0 Å². The summed E-state index contributed by atoms with van der Waals surface area (Å²) < 4.78 is 15.0. The van der Waals surface area contributed by atoms with Crippen molar-refractivity contribution in [2.45, 2.75) is 56.2 Å². The van der Waals surface area contributed by atoms with E-state index in [0.29, 0.717) is 12.8 Å². The van der Waals surface area contributed by atoms with Gasteiger partial charge in [0.05, 0.1) is 0 Å². The summed E-state index contributed by atoms with van der Waals surface area (Å²) in [4.78, 5) is 4.41. The first-order chi connectivity index (χ1) is 8.19. The van der Waals surface area contributed by atoms with Gasteiger partial charge >= 0.3 is 0 Å². The Labute approximate surface area is 101 Å². The summed E-state index contributed by atoms with van der Waals surface area (Å²) in [5.41, 5.74) is 7.05. The van der Waals surface area contributed by atoms with Gasteiger partial charge in [0.1, 0.15) is 5.67 Å². The number of rotatable bonds is 1. The fourth-order valence-corrected chi connectivity index (χ4v) is 3.38. The van der Waals surface area contributed by atoms with E-state index >= 15 is 4.39 Å². The summed E-state index contributed by atoms with van der Waals surface area (Å²) >= 11 is 0. The molecule has 3 rings (SSSR count). The molecule has 0 amide bonds. The van der Waals surface area contributed by atoms with Crippen molar-refractivity contribution in [2.24, 2.45) is 5.73 Å². The lowest BCUT2D eigenvalue weighted by atomic mass is 9.74. The Balaban J connectivity index is 1.86. The van der Waals surface area contributed by atoms with Crippen LogP contribution in [0.4, 0.5) is 4.39 Å². The number of hydrogen-bond donors (Lipinski definition) is 1. The molecule has 1 heterocycles. The first-order valence-corrected chi connectivity index (χ1v) is 6.57. The Kier molecular flexibility index (Phi) is 2.66. The van der Waals surface area contributed by atoms with E-state index < -0.39 is 5.67 Å². The van der Waals surface area contributed by atoms with Crippen LogP contribution in [0, 0.1) is 0 Å². The number of hydrogen-bond acceptors (Lipinski definition) is 2. The number of nitrogens with two attached hydrogens (primary N) is 1. The second-order valence-corrected chi connectivity index (χ2v) is 5.51. The van der Waals surface area contributed by atoms with Gasteiger partial charge in [0.25, 0.3) is 0 Å². The van der Waals surface area contributed by atoms with E-state index in [1.807, 2.05) is 6.07 Å². The summed E-state index contributed by atoms with van der Waals surface area (Å²) in [7, 11) is 0. The highest BCUT2D eigenvalue weighted by Gasteiger charge is 2.45. The van der Waals surface area contributed by atoms with Gasteiger partial charge in [-0.25, -0.2) is 4.39 Å². The molecule has 0 saturated heterocycles. The Morgan fingerprint density at radius 3 is 2.82 bits per heavy atom. The molecule has 1 aromatic heterocycles. The third kappa shape index (κ3) is 1.86. The first kappa shape index (κ1) is 11.1. The number of halogens is 1. The molecule has 0 bridgehead atoms. The second kappa shape index (κ2) is 4.05. The SMILES string of the molecule is NC1CCC(F)(C2CCc3cccnc32)CC1. The van der Waals surface area contributed by atoms with E-state index in [-0.39, 0.29) is 12.0 Å². The maximum absolute atomic E-state index is 15.0. The fourth-order valence-electron chi connectivity index (χ4n) is 3.38. The molecule has 2 nitrogen and oxygen atoms in total. The van der Waals surface area contributed by atoms with Crippen molar-refractivity contribution in [3.8, 4) is 0 Å². The lowest BCUT2D eigenvalue weighted by Gasteiger charge is -2.37. The minimum atomic E-state index is -1.06. The van der Waals surface area contributed by atoms with Gasteiger partial charge in [0, 0.05) is 23.9 Å². The Bertz CT molecular complexity index is 410. The largest absolute Gasteiger partial charge is 0.328 e. The van der Waals surface area contributed by atoms with Crippen molar-refractivity contribution >= 4 is 0 Å². The van der Waals surface area contributed by atoms with E-state index in [1.165, 1.54) is 5.56 Å². The van der Waals surface area contributed by atoms with Crippen molar-refractivity contribution < 1.29 is 4.39 Å². The predicted octanol–water partition coefficient (Wildman–Crippen LogP) is 2.72. The molecule has 2 N–H and O–H groups in total. The molecular weight excluding hydrogens is 215 g/mol. The van der Waals surface area contributed by atoms with E-state index in [9.17, 15) is 0 Å². The van der Waals surface area contributed by atoms with Gasteiger partial charge in [-0.15, -0.1) is 0 Å². The van der Waals surface area contributed by atoms with E-state index in [2.05, 4.69) is 11.1 Å². The lowest BCUT2D eigenvalue weighted by Crippen LogP contribution is -2.39. The number of pyridine rings is 1. The fraction of sp³-hybridized carbons (Fsp3) is 0.643. The number of aryl methyl sites for hydroxylation is 1. The van der Waals surface area contributed by atoms with Crippen LogP contribution in [0.15, 0.2) is 18.3 Å². The van der Waals surface area contributed by atoms with Crippen molar-refractivity contribution in [2.75, 3.05) is 0 Å². The number of alkyl halides is 1. The molecule has 0 aliphatic heterocycles. The van der Waals surface area contributed by atoms with Crippen LogP contribution < -0.4 is 5.73 Å². The third-order valence-corrected chi connectivity index (χ3v) is 4.44. The van der Waals surface area contributed by atoms with Crippen LogP contribution in [0.5, 0.6) is 0 Å². The molecule has 1 aromatic rings. The average molecular weight is 234 g/mol. The van der Waals surface area contributed by atoms with Gasteiger partial charge in [-0.3, -0.25) is 4.98 Å². The van der Waals surface area contributed by atoms with Crippen LogP contribution in [0.1, 0.15) is 49.3 Å². The van der Waals surface area contributed by atoms with Gasteiger partial charge in [-0.2, -0.15) is 0 Å². The number of fused-ring (bicyclic) bond motifs is 1. The number of nitrogens with zero attached hydrogens (tertiary/aromatic N) is 1. The van der Waals surface area contributed by atoms with Gasteiger partial charge in [-0.1, -0.05) is 6.07 Å². The predicted molar refractivity (Wildman–Crippen MR) is 65.6 cm³/mol. The summed E-state index contributed by atoms with van der Waals surface area (Å²) in [6.07, 6.45) is 6.52. The number of aromatic nitrogens is 1. The highest BCUT2D eigenvalue weighted by Crippen LogP contribution is 2.48. The zero-order valence-corrected chi connectivity index (χ0v) is 10.0. The average Bonchev–Trinajstić information content (AvgIpc) is 2.78. The maximum Gasteiger partial charge on any atom is 0.119 e. The molecule has 92 valence electrons. The van der Waals surface area contributed by atoms with E-state index in [4.69, 9.17) is 5.73 Å². The normalized spacial score (nSPS) is 36.8. The lowest BCUT2D eigenvalue weighted by molar-refractivity contribution is 0.0660. The molecule has 1 fully saturated rings. The van der Waals surface area contributed by atoms with Crippen LogP contribution in [0.2, 0.25) is 0 Å². The summed E-state index contributed by atoms with van der Waals surface area (Å²) in [6.45, 7) is 0. The van der Waals surface area contributed by atoms with Gasteiger partial charge < -0.3 is 5.73 Å². The second-order valence-electron chi connectivity index (χ2n) is 5.51. The zero-order valence-electron chi connectivity index (χ0n) is 10.0. The van der Waals surface area contributed by atoms with Crippen LogP contribution in [0.25, 0.3) is 0 Å². The van der Waals surface area contributed by atoms with Crippen LogP contribution in [-0.4, -0.2) is 16.7 Å². The summed E-state index contributed by atoms with van der Waals surface area (Å²) in [5, 5.41) is 0. The molecule has 0 spiro atoms. The van der Waals surface area contributed by atoms with Crippen molar-refractivity contribution in [1.82, 2.24) is 4.98 Å². The van der Waals surface area contributed by atoms with Gasteiger partial charge in [0.15, 0.2) is 0 Å². The highest BCUT2D eigenvalue weighted by molar-refractivity contribution is 5.31. The summed E-state index contributed by atoms with van der Waals surface area (Å²) in [6, 6.07) is 4.23. The quantitative estimate of drug-likeness (QED) is 0.811. The molecule has 2 aliphatic carbocycles. The minimum absolute atomic E-state index is 0.00574. The van der Waals surface area contributed by atoms with E-state index in [1.54, 1.807) is 6.20 Å². The standard InChI is InChI=1S/C14H19FN2/c15-14(7-5-11(16)6-8-14)12-4-3-10-2-1-9-17-13(10)12/h1-2,9,11-12H,3-8,16H2. The minimum Gasteiger partial charge on any atom is -0.328 e. The summed E-state index contributed by atoms with van der Waals surface area (Å²) in [5.74, 6) is 0.00574. The zero-order chi connectivity index (χ0) is 11.9. The van der Waals surface area contributed by atoms with Crippen molar-refractivity contribution in [1.29, 1.82) is 0 Å². The molecule has 17 heavy (non-hydrogen) atoms. The van der Waals surface area contributed by atoms with Crippen LogP contribution >= 0.6 is 0 Å². The topological polar surface area (TPSA) is 38.9 Å². The smallest absolute Gasteiger partial charge is 0.119 e. The molecule has 0 radical (unpaired) electrons. The maximum atomic E-state index is 15.0. The molecule has 0 aromatic carbocycles. The van der Waals surface area contributed by atoms with Crippen LogP contribution in [-0.2, 0) is 6.42 Å². The molecule has 1 saturated carbocycles. The first-order valence-electron chi connectivity index (χ1n) is 6.57. The monoisotopic (exact) mass is 234 g/mol. The molecule has 2 aliphatic rings. The van der Waals surface area contributed by atoms with Crippen LogP contribution in [0.3, 0.4) is 0 Å². The Hall–Kier alpha value is -0.960. The molecular formula is C14H19FN2. The molecule has 1 atom stereocenters. The van der Waals surface area contributed by atoms with E-state index in [0.717, 1.165) is 31.4 Å². The molecule has 3 heteroatoms. The van der Waals surface area contributed by atoms with Gasteiger partial charge in [-0.05, 0) is 50.2 Å².